The molecule has 0 saturated heterocycles. The third-order valence-electron chi connectivity index (χ3n) is 3.68. The first-order chi connectivity index (χ1) is 12.1. The van der Waals surface area contributed by atoms with E-state index in [4.69, 9.17) is 9.15 Å². The Balaban J connectivity index is 1.49. The lowest BCUT2D eigenvalue weighted by Crippen LogP contribution is -2.07. The van der Waals surface area contributed by atoms with E-state index in [1.165, 1.54) is 22.9 Å². The fourth-order valence-corrected chi connectivity index (χ4v) is 2.93. The highest BCUT2D eigenvalue weighted by molar-refractivity contribution is 8.00. The van der Waals surface area contributed by atoms with E-state index in [1.54, 1.807) is 0 Å². The molecule has 0 bridgehead atoms. The maximum atomic E-state index is 11.9. The van der Waals surface area contributed by atoms with E-state index in [0.29, 0.717) is 5.89 Å². The number of hydrogen-bond acceptors (Lipinski definition) is 6. The summed E-state index contributed by atoms with van der Waals surface area (Å²) in [5, 5.41) is 7.87. The Labute approximate surface area is 150 Å². The number of rotatable bonds is 6. The molecule has 0 radical (unpaired) electrons. The molecule has 128 valence electrons. The van der Waals surface area contributed by atoms with Crippen LogP contribution in [0.1, 0.15) is 17.0 Å². The average molecular weight is 354 g/mol. The Morgan fingerprint density at radius 2 is 1.88 bits per heavy atom. The molecule has 25 heavy (non-hydrogen) atoms. The summed E-state index contributed by atoms with van der Waals surface area (Å²) in [4.78, 5) is 12.9. The molecule has 0 aliphatic rings. The third kappa shape index (κ3) is 4.70. The van der Waals surface area contributed by atoms with Crippen molar-refractivity contribution in [2.75, 3.05) is 5.75 Å². The molecule has 3 rings (SSSR count). The fraction of sp³-hybridized carbons (Fsp3) is 0.211. The Kier molecular flexibility index (Phi) is 5.50. The summed E-state index contributed by atoms with van der Waals surface area (Å²) in [5.74, 6) is 0.615. The van der Waals surface area contributed by atoms with Gasteiger partial charge in [0.05, 0.1) is 5.75 Å². The predicted molar refractivity (Wildman–Crippen MR) is 96.2 cm³/mol. The first-order valence-electron chi connectivity index (χ1n) is 7.85. The van der Waals surface area contributed by atoms with Crippen LogP contribution >= 0.6 is 11.8 Å². The van der Waals surface area contributed by atoms with E-state index in [9.17, 15) is 4.79 Å². The van der Waals surface area contributed by atoms with Crippen LogP contribution < -0.4 is 0 Å². The number of aromatic nitrogens is 2. The van der Waals surface area contributed by atoms with E-state index in [-0.39, 0.29) is 24.2 Å². The minimum Gasteiger partial charge on any atom is -0.455 e. The molecule has 0 fully saturated rings. The minimum atomic E-state index is -0.317. The maximum absolute atomic E-state index is 11.9. The fourth-order valence-electron chi connectivity index (χ4n) is 2.14. The molecule has 0 unspecified atom stereocenters. The summed E-state index contributed by atoms with van der Waals surface area (Å²) in [6, 6.07) is 15.6. The van der Waals surface area contributed by atoms with Crippen molar-refractivity contribution in [2.24, 2.45) is 0 Å². The number of thioether (sulfide) groups is 1. The zero-order chi connectivity index (χ0) is 17.6. The molecule has 0 saturated carbocycles. The zero-order valence-corrected chi connectivity index (χ0v) is 14.9. The van der Waals surface area contributed by atoms with E-state index in [1.807, 2.05) is 42.5 Å². The summed E-state index contributed by atoms with van der Waals surface area (Å²) < 4.78 is 10.7. The molecular formula is C19H18N2O3S. The first kappa shape index (κ1) is 17.2. The summed E-state index contributed by atoms with van der Waals surface area (Å²) in [5.41, 5.74) is 3.27. The van der Waals surface area contributed by atoms with Crippen LogP contribution in [-0.4, -0.2) is 21.9 Å². The number of benzene rings is 2. The number of carbonyl (C=O) groups is 1. The van der Waals surface area contributed by atoms with Crippen LogP contribution in [0.4, 0.5) is 0 Å². The maximum Gasteiger partial charge on any atom is 0.316 e. The van der Waals surface area contributed by atoms with Crippen LogP contribution in [0, 0.1) is 13.8 Å². The Morgan fingerprint density at radius 1 is 1.08 bits per heavy atom. The summed E-state index contributed by atoms with van der Waals surface area (Å²) in [7, 11) is 0. The average Bonchev–Trinajstić information content (AvgIpc) is 3.11. The Hall–Kier alpha value is -2.60. The topological polar surface area (TPSA) is 65.2 Å². The van der Waals surface area contributed by atoms with Crippen LogP contribution in [0.3, 0.4) is 0 Å². The molecule has 6 heteroatoms. The molecule has 3 aromatic rings. The van der Waals surface area contributed by atoms with Crippen LogP contribution in [0.25, 0.3) is 11.5 Å². The van der Waals surface area contributed by atoms with Gasteiger partial charge in [0.15, 0.2) is 6.61 Å². The van der Waals surface area contributed by atoms with Gasteiger partial charge in [0.25, 0.3) is 5.89 Å². The van der Waals surface area contributed by atoms with Gasteiger partial charge in [-0.05, 0) is 49.2 Å². The molecular weight excluding hydrogens is 336 g/mol. The van der Waals surface area contributed by atoms with Crippen molar-refractivity contribution in [3.63, 3.8) is 0 Å². The summed E-state index contributed by atoms with van der Waals surface area (Å²) in [6.45, 7) is 4.09. The van der Waals surface area contributed by atoms with Gasteiger partial charge in [0, 0.05) is 10.5 Å². The highest BCUT2D eigenvalue weighted by Crippen LogP contribution is 2.21. The van der Waals surface area contributed by atoms with E-state index in [0.717, 1.165) is 10.5 Å². The first-order valence-corrected chi connectivity index (χ1v) is 8.84. The molecule has 1 aromatic heterocycles. The molecule has 0 aliphatic carbocycles. The van der Waals surface area contributed by atoms with Crippen LogP contribution in [-0.2, 0) is 16.1 Å². The van der Waals surface area contributed by atoms with E-state index >= 15 is 0 Å². The Bertz CT molecular complexity index is 862. The van der Waals surface area contributed by atoms with Gasteiger partial charge in [-0.2, -0.15) is 0 Å². The molecule has 0 atom stereocenters. The van der Waals surface area contributed by atoms with Gasteiger partial charge in [-0.1, -0.05) is 24.3 Å². The van der Waals surface area contributed by atoms with Crippen molar-refractivity contribution in [3.05, 3.63) is 65.5 Å². The van der Waals surface area contributed by atoms with Crippen LogP contribution in [0.2, 0.25) is 0 Å². The SMILES string of the molecule is Cc1ccc(SCC(=O)OCc2nnc(-c3ccccc3)o2)cc1C. The predicted octanol–water partition coefficient (Wildman–Crippen LogP) is 4.19. The van der Waals surface area contributed by atoms with Crippen LogP contribution in [0.5, 0.6) is 0 Å². The second kappa shape index (κ2) is 7.98. The Morgan fingerprint density at radius 3 is 2.64 bits per heavy atom. The molecule has 0 amide bonds. The van der Waals surface area contributed by atoms with E-state index < -0.39 is 0 Å². The third-order valence-corrected chi connectivity index (χ3v) is 4.65. The quantitative estimate of drug-likeness (QED) is 0.488. The lowest BCUT2D eigenvalue weighted by molar-refractivity contribution is -0.142. The van der Waals surface area contributed by atoms with Gasteiger partial charge in [0.1, 0.15) is 0 Å². The summed E-state index contributed by atoms with van der Waals surface area (Å²) in [6.07, 6.45) is 0. The van der Waals surface area contributed by atoms with Gasteiger partial charge >= 0.3 is 5.97 Å². The highest BCUT2D eigenvalue weighted by atomic mass is 32.2. The van der Waals surface area contributed by atoms with Crippen molar-refractivity contribution in [1.82, 2.24) is 10.2 Å². The molecule has 0 N–H and O–H groups in total. The van der Waals surface area contributed by atoms with Gasteiger partial charge in [0.2, 0.25) is 5.89 Å². The smallest absolute Gasteiger partial charge is 0.316 e. The molecule has 5 nitrogen and oxygen atoms in total. The number of esters is 1. The van der Waals surface area contributed by atoms with Gasteiger partial charge in [-0.15, -0.1) is 22.0 Å². The van der Waals surface area contributed by atoms with Gasteiger partial charge in [-0.25, -0.2) is 0 Å². The second-order valence-electron chi connectivity index (χ2n) is 5.56. The minimum absolute atomic E-state index is 0.0217. The van der Waals surface area contributed by atoms with Crippen LogP contribution in [0.15, 0.2) is 57.8 Å². The number of nitrogens with zero attached hydrogens (tertiary/aromatic N) is 2. The van der Waals surface area contributed by atoms with Crippen molar-refractivity contribution < 1.29 is 13.9 Å². The molecule has 1 heterocycles. The van der Waals surface area contributed by atoms with Gasteiger partial charge in [-0.3, -0.25) is 4.79 Å². The number of ether oxygens (including phenoxy) is 1. The number of carbonyl (C=O) groups excluding carboxylic acids is 1. The molecule has 2 aromatic carbocycles. The second-order valence-corrected chi connectivity index (χ2v) is 6.61. The normalized spacial score (nSPS) is 10.6. The van der Waals surface area contributed by atoms with Crippen molar-refractivity contribution in [3.8, 4) is 11.5 Å². The standard InChI is InChI=1S/C19H18N2O3S/c1-13-8-9-16(10-14(13)2)25-12-18(22)23-11-17-20-21-19(24-17)15-6-4-3-5-7-15/h3-10H,11-12H2,1-2H3. The van der Waals surface area contributed by atoms with E-state index in [2.05, 4.69) is 30.1 Å². The lowest BCUT2D eigenvalue weighted by atomic mass is 10.1. The highest BCUT2D eigenvalue weighted by Gasteiger charge is 2.11. The number of hydrogen-bond donors (Lipinski definition) is 0. The van der Waals surface area contributed by atoms with Crippen molar-refractivity contribution >= 4 is 17.7 Å². The summed E-state index contributed by atoms with van der Waals surface area (Å²) >= 11 is 1.45. The van der Waals surface area contributed by atoms with Crippen molar-refractivity contribution in [1.29, 1.82) is 0 Å². The lowest BCUT2D eigenvalue weighted by Gasteiger charge is -2.05. The van der Waals surface area contributed by atoms with Crippen molar-refractivity contribution in [2.45, 2.75) is 25.3 Å². The molecule has 0 spiro atoms. The molecule has 0 aliphatic heterocycles. The largest absolute Gasteiger partial charge is 0.455 e. The van der Waals surface area contributed by atoms with Gasteiger partial charge < -0.3 is 9.15 Å². The zero-order valence-electron chi connectivity index (χ0n) is 14.1. The monoisotopic (exact) mass is 354 g/mol. The number of aryl methyl sites for hydroxylation is 2.